The molecule has 0 bridgehead atoms. The van der Waals surface area contributed by atoms with E-state index < -0.39 is 5.56 Å². The smallest absolute Gasteiger partial charge is 0.290 e. The number of hydrogen-bond donors (Lipinski definition) is 1. The van der Waals surface area contributed by atoms with Crippen molar-refractivity contribution in [2.75, 3.05) is 0 Å². The zero-order valence-electron chi connectivity index (χ0n) is 18.0. The van der Waals surface area contributed by atoms with Gasteiger partial charge in [0.2, 0.25) is 11.6 Å². The minimum Gasteiger partial charge on any atom is -0.492 e. The van der Waals surface area contributed by atoms with E-state index in [2.05, 4.69) is 10.2 Å². The molecule has 0 radical (unpaired) electrons. The molecule has 4 rings (SSSR count). The van der Waals surface area contributed by atoms with Gasteiger partial charge in [0.05, 0.1) is 17.1 Å². The molecule has 1 heterocycles. The molecule has 0 unspecified atom stereocenters. The molecule has 0 atom stereocenters. The standard InChI is InChI=1S/C25H22N4O2S/c1-16-8-12-19(13-9-16)26-27-22-23(30)28(20-14-10-17(2)11-15-20)25(32)29(24(22)31)21-7-5-4-6-18(21)3/h4-15,31H,1-3H3. The van der Waals surface area contributed by atoms with Crippen molar-refractivity contribution in [1.82, 2.24) is 9.13 Å². The Bertz CT molecular complexity index is 1430. The number of aryl methyl sites for hydroxylation is 3. The van der Waals surface area contributed by atoms with Crippen LogP contribution in [0.1, 0.15) is 16.7 Å². The molecule has 0 saturated heterocycles. The zero-order valence-corrected chi connectivity index (χ0v) is 18.8. The van der Waals surface area contributed by atoms with Gasteiger partial charge in [0.1, 0.15) is 0 Å². The van der Waals surface area contributed by atoms with E-state index in [1.54, 1.807) is 12.1 Å². The Labute approximate surface area is 190 Å². The van der Waals surface area contributed by atoms with E-state index in [-0.39, 0.29) is 16.3 Å². The van der Waals surface area contributed by atoms with Crippen LogP contribution in [0, 0.1) is 25.5 Å². The Morgan fingerprint density at radius 1 is 0.781 bits per heavy atom. The number of rotatable bonds is 4. The molecular formula is C25H22N4O2S. The number of benzene rings is 3. The van der Waals surface area contributed by atoms with Gasteiger partial charge in [0.25, 0.3) is 5.56 Å². The quantitative estimate of drug-likeness (QED) is 0.293. The van der Waals surface area contributed by atoms with Gasteiger partial charge in [-0.15, -0.1) is 5.11 Å². The second kappa shape index (κ2) is 8.72. The first-order chi connectivity index (χ1) is 15.4. The lowest BCUT2D eigenvalue weighted by Crippen LogP contribution is -2.23. The van der Waals surface area contributed by atoms with Crippen LogP contribution in [0.25, 0.3) is 11.4 Å². The molecule has 0 aliphatic rings. The van der Waals surface area contributed by atoms with Crippen molar-refractivity contribution in [3.05, 3.63) is 105 Å². The lowest BCUT2D eigenvalue weighted by atomic mass is 10.2. The summed E-state index contributed by atoms with van der Waals surface area (Å²) >= 11 is 5.67. The minimum absolute atomic E-state index is 0.139. The Morgan fingerprint density at radius 3 is 2.00 bits per heavy atom. The van der Waals surface area contributed by atoms with Crippen molar-refractivity contribution in [3.63, 3.8) is 0 Å². The van der Waals surface area contributed by atoms with Gasteiger partial charge in [-0.05, 0) is 68.9 Å². The molecule has 0 amide bonds. The fourth-order valence-corrected chi connectivity index (χ4v) is 3.72. The van der Waals surface area contributed by atoms with Crippen LogP contribution in [-0.4, -0.2) is 14.2 Å². The summed E-state index contributed by atoms with van der Waals surface area (Å²) in [6.45, 7) is 5.85. The van der Waals surface area contributed by atoms with Crippen molar-refractivity contribution < 1.29 is 5.11 Å². The van der Waals surface area contributed by atoms with Crippen LogP contribution >= 0.6 is 12.2 Å². The first-order valence-electron chi connectivity index (χ1n) is 10.1. The molecule has 0 spiro atoms. The van der Waals surface area contributed by atoms with E-state index in [0.717, 1.165) is 16.7 Å². The lowest BCUT2D eigenvalue weighted by molar-refractivity contribution is 0.432. The fourth-order valence-electron chi connectivity index (χ4n) is 3.34. The summed E-state index contributed by atoms with van der Waals surface area (Å²) in [4.78, 5) is 13.4. The van der Waals surface area contributed by atoms with Gasteiger partial charge in [-0.2, -0.15) is 5.11 Å². The van der Waals surface area contributed by atoms with Gasteiger partial charge in [0, 0.05) is 0 Å². The second-order valence-corrected chi connectivity index (χ2v) is 7.95. The number of aromatic nitrogens is 2. The molecule has 1 N–H and O–H groups in total. The predicted octanol–water partition coefficient (Wildman–Crippen LogP) is 6.40. The normalized spacial score (nSPS) is 11.2. The van der Waals surface area contributed by atoms with Crippen LogP contribution in [0.2, 0.25) is 0 Å². The molecular weight excluding hydrogens is 420 g/mol. The highest BCUT2D eigenvalue weighted by Gasteiger charge is 2.20. The van der Waals surface area contributed by atoms with Gasteiger partial charge in [-0.25, -0.2) is 0 Å². The molecule has 32 heavy (non-hydrogen) atoms. The highest BCUT2D eigenvalue weighted by molar-refractivity contribution is 7.71. The van der Waals surface area contributed by atoms with Gasteiger partial charge in [0.15, 0.2) is 4.77 Å². The highest BCUT2D eigenvalue weighted by atomic mass is 32.1. The maximum Gasteiger partial charge on any atom is 0.290 e. The van der Waals surface area contributed by atoms with Crippen molar-refractivity contribution in [2.24, 2.45) is 10.2 Å². The van der Waals surface area contributed by atoms with Gasteiger partial charge < -0.3 is 5.11 Å². The van der Waals surface area contributed by atoms with Crippen LogP contribution in [0.3, 0.4) is 0 Å². The maximum absolute atomic E-state index is 13.4. The second-order valence-electron chi connectivity index (χ2n) is 7.59. The van der Waals surface area contributed by atoms with Crippen LogP contribution in [0.4, 0.5) is 11.4 Å². The van der Waals surface area contributed by atoms with E-state index in [4.69, 9.17) is 12.2 Å². The first-order valence-corrected chi connectivity index (χ1v) is 10.5. The third-order valence-corrected chi connectivity index (χ3v) is 5.52. The number of nitrogens with zero attached hydrogens (tertiary/aromatic N) is 4. The van der Waals surface area contributed by atoms with Crippen LogP contribution in [-0.2, 0) is 0 Å². The van der Waals surface area contributed by atoms with Crippen molar-refractivity contribution in [2.45, 2.75) is 20.8 Å². The maximum atomic E-state index is 13.4. The third kappa shape index (κ3) is 4.02. The lowest BCUT2D eigenvalue weighted by Gasteiger charge is -2.17. The van der Waals surface area contributed by atoms with Crippen LogP contribution in [0.5, 0.6) is 5.88 Å². The van der Waals surface area contributed by atoms with E-state index in [0.29, 0.717) is 17.1 Å². The van der Waals surface area contributed by atoms with Crippen molar-refractivity contribution >= 4 is 23.6 Å². The van der Waals surface area contributed by atoms with Crippen molar-refractivity contribution in [3.8, 4) is 17.3 Å². The summed E-state index contributed by atoms with van der Waals surface area (Å²) in [5, 5.41) is 19.4. The summed E-state index contributed by atoms with van der Waals surface area (Å²) in [7, 11) is 0. The summed E-state index contributed by atoms with van der Waals surface area (Å²) in [6.07, 6.45) is 0. The van der Waals surface area contributed by atoms with E-state index in [9.17, 15) is 9.90 Å². The third-order valence-electron chi connectivity index (χ3n) is 5.16. The highest BCUT2D eigenvalue weighted by Crippen LogP contribution is 2.30. The zero-order chi connectivity index (χ0) is 22.8. The summed E-state index contributed by atoms with van der Waals surface area (Å²) in [5.41, 5.74) is 4.09. The topological polar surface area (TPSA) is 71.9 Å². The fraction of sp³-hybridized carbons (Fsp3) is 0.120. The van der Waals surface area contributed by atoms with Crippen LogP contribution in [0.15, 0.2) is 87.8 Å². The number of azo groups is 1. The van der Waals surface area contributed by atoms with Gasteiger partial charge in [-0.3, -0.25) is 13.9 Å². The Morgan fingerprint density at radius 2 is 1.38 bits per heavy atom. The molecule has 0 fully saturated rings. The first kappa shape index (κ1) is 21.4. The molecule has 1 aromatic heterocycles. The molecule has 4 aromatic rings. The molecule has 0 aliphatic heterocycles. The Balaban J connectivity index is 2.01. The average molecular weight is 443 g/mol. The number of aromatic hydroxyl groups is 1. The van der Waals surface area contributed by atoms with Crippen molar-refractivity contribution in [1.29, 1.82) is 0 Å². The largest absolute Gasteiger partial charge is 0.492 e. The number of para-hydroxylation sites is 1. The molecule has 7 heteroatoms. The van der Waals surface area contributed by atoms with Gasteiger partial charge in [-0.1, -0.05) is 53.6 Å². The average Bonchev–Trinajstić information content (AvgIpc) is 2.77. The molecule has 160 valence electrons. The van der Waals surface area contributed by atoms with E-state index >= 15 is 0 Å². The molecule has 3 aromatic carbocycles. The molecule has 0 saturated carbocycles. The monoisotopic (exact) mass is 442 g/mol. The van der Waals surface area contributed by atoms with Gasteiger partial charge >= 0.3 is 0 Å². The van der Waals surface area contributed by atoms with E-state index in [1.165, 1.54) is 9.13 Å². The SMILES string of the molecule is Cc1ccc(N=Nc2c(O)n(-c3ccccc3C)c(=S)n(-c3ccc(C)cc3)c2=O)cc1. The predicted molar refractivity (Wildman–Crippen MR) is 129 cm³/mol. The summed E-state index contributed by atoms with van der Waals surface area (Å²) < 4.78 is 2.96. The number of hydrogen-bond acceptors (Lipinski definition) is 5. The molecule has 6 nitrogen and oxygen atoms in total. The molecule has 0 aliphatic carbocycles. The summed E-state index contributed by atoms with van der Waals surface area (Å²) in [6, 6.07) is 22.3. The minimum atomic E-state index is -0.544. The van der Waals surface area contributed by atoms with Crippen LogP contribution < -0.4 is 5.56 Å². The Kier molecular flexibility index (Phi) is 5.83. The summed E-state index contributed by atoms with van der Waals surface area (Å²) in [5.74, 6) is -0.353. The van der Waals surface area contributed by atoms with E-state index in [1.807, 2.05) is 81.4 Å². The Hall–Kier alpha value is -3.84.